The van der Waals surface area contributed by atoms with Crippen molar-refractivity contribution in [1.82, 2.24) is 24.9 Å². The second-order valence-electron chi connectivity index (χ2n) is 8.66. The number of carbonyl (C=O) groups is 1. The lowest BCUT2D eigenvalue weighted by Crippen LogP contribution is -2.47. The summed E-state index contributed by atoms with van der Waals surface area (Å²) >= 11 is 0. The zero-order valence-corrected chi connectivity index (χ0v) is 18.2. The molecule has 4 rings (SSSR count). The predicted molar refractivity (Wildman–Crippen MR) is 119 cm³/mol. The summed E-state index contributed by atoms with van der Waals surface area (Å²) in [5.74, 6) is 1.33. The lowest BCUT2D eigenvalue weighted by molar-refractivity contribution is -0.127. The van der Waals surface area contributed by atoms with Gasteiger partial charge in [-0.3, -0.25) is 9.48 Å². The maximum absolute atomic E-state index is 12.2. The summed E-state index contributed by atoms with van der Waals surface area (Å²) in [7, 11) is 5.51. The van der Waals surface area contributed by atoms with E-state index in [0.29, 0.717) is 12.0 Å². The van der Waals surface area contributed by atoms with Crippen molar-refractivity contribution >= 4 is 11.9 Å². The molecule has 2 unspecified atom stereocenters. The molecule has 0 saturated carbocycles. The first-order chi connectivity index (χ1) is 14.5. The van der Waals surface area contributed by atoms with Crippen molar-refractivity contribution in [3.63, 3.8) is 0 Å². The van der Waals surface area contributed by atoms with E-state index in [9.17, 15) is 4.79 Å². The van der Waals surface area contributed by atoms with Crippen LogP contribution in [0.2, 0.25) is 0 Å². The molecule has 2 aliphatic rings. The Bertz CT molecular complexity index is 918. The predicted octanol–water partition coefficient (Wildman–Crippen LogP) is 1.80. The van der Waals surface area contributed by atoms with Crippen LogP contribution in [0.5, 0.6) is 0 Å². The van der Waals surface area contributed by atoms with Gasteiger partial charge in [0.1, 0.15) is 6.54 Å². The largest absolute Gasteiger partial charge is 0.353 e. The minimum atomic E-state index is 0.0197. The number of likely N-dealkylation sites (tertiary alicyclic amines) is 1. The number of carbonyl (C=O) groups excluding carboxylic acids is 1. The summed E-state index contributed by atoms with van der Waals surface area (Å²) in [5.41, 5.74) is 4.14. The molecule has 7 heteroatoms. The van der Waals surface area contributed by atoms with Gasteiger partial charge in [0.05, 0.1) is 6.20 Å². The van der Waals surface area contributed by atoms with Crippen LogP contribution >= 0.6 is 0 Å². The lowest BCUT2D eigenvalue weighted by Gasteiger charge is -2.30. The normalized spacial score (nSPS) is 21.4. The molecule has 7 nitrogen and oxygen atoms in total. The van der Waals surface area contributed by atoms with Crippen molar-refractivity contribution in [1.29, 1.82) is 0 Å². The third kappa shape index (κ3) is 4.66. The molecule has 1 amide bonds. The molecule has 1 fully saturated rings. The van der Waals surface area contributed by atoms with Crippen molar-refractivity contribution in [3.8, 4) is 0 Å². The van der Waals surface area contributed by atoms with E-state index in [1.165, 1.54) is 16.7 Å². The number of fused-ring (bicyclic) bond motifs is 1. The minimum Gasteiger partial charge on any atom is -0.353 e. The Kier molecular flexibility index (Phi) is 6.06. The number of guanidine groups is 1. The van der Waals surface area contributed by atoms with Crippen molar-refractivity contribution in [2.75, 3.05) is 33.7 Å². The third-order valence-corrected chi connectivity index (χ3v) is 6.23. The van der Waals surface area contributed by atoms with Gasteiger partial charge in [0.15, 0.2) is 5.96 Å². The van der Waals surface area contributed by atoms with Crippen LogP contribution < -0.4 is 5.32 Å². The molecule has 2 heterocycles. The van der Waals surface area contributed by atoms with Crippen molar-refractivity contribution in [2.45, 2.75) is 37.6 Å². The van der Waals surface area contributed by atoms with E-state index < -0.39 is 0 Å². The number of aryl methyl sites for hydroxylation is 2. The smallest absolute Gasteiger partial charge is 0.243 e. The molecule has 1 aromatic heterocycles. The van der Waals surface area contributed by atoms with E-state index in [0.717, 1.165) is 44.7 Å². The monoisotopic (exact) mass is 408 g/mol. The van der Waals surface area contributed by atoms with E-state index >= 15 is 0 Å². The van der Waals surface area contributed by atoms with Crippen LogP contribution in [0.3, 0.4) is 0 Å². The van der Waals surface area contributed by atoms with Crippen molar-refractivity contribution < 1.29 is 4.79 Å². The summed E-state index contributed by atoms with van der Waals surface area (Å²) in [6, 6.07) is 9.03. The number of hydrogen-bond acceptors (Lipinski definition) is 3. The lowest BCUT2D eigenvalue weighted by atomic mass is 9.88. The van der Waals surface area contributed by atoms with E-state index in [-0.39, 0.29) is 12.5 Å². The van der Waals surface area contributed by atoms with Crippen molar-refractivity contribution in [3.05, 3.63) is 53.3 Å². The van der Waals surface area contributed by atoms with Gasteiger partial charge < -0.3 is 15.1 Å². The molecule has 160 valence electrons. The first kappa shape index (κ1) is 20.4. The first-order valence-electron chi connectivity index (χ1n) is 10.8. The Labute approximate surface area is 178 Å². The van der Waals surface area contributed by atoms with Gasteiger partial charge in [-0.2, -0.15) is 5.10 Å². The molecule has 0 radical (unpaired) electrons. The number of aromatic nitrogens is 2. The number of amides is 1. The summed E-state index contributed by atoms with van der Waals surface area (Å²) < 4.78 is 1.86. The van der Waals surface area contributed by atoms with Gasteiger partial charge in [-0.25, -0.2) is 4.99 Å². The second kappa shape index (κ2) is 8.90. The number of aliphatic imine (C=N–C) groups is 1. The molecule has 1 aromatic carbocycles. The first-order valence-corrected chi connectivity index (χ1v) is 10.8. The Hall–Kier alpha value is -2.83. The Balaban J connectivity index is 1.47. The quantitative estimate of drug-likeness (QED) is 0.619. The second-order valence-corrected chi connectivity index (χ2v) is 8.66. The number of likely N-dealkylation sites (N-methyl/N-ethyl adjacent to an activating group) is 1. The van der Waals surface area contributed by atoms with E-state index in [4.69, 9.17) is 4.99 Å². The molecular formula is C23H32N6O. The zero-order valence-electron chi connectivity index (χ0n) is 18.2. The number of benzene rings is 1. The van der Waals surface area contributed by atoms with Gasteiger partial charge in [-0.05, 0) is 42.4 Å². The average Bonchev–Trinajstić information content (AvgIpc) is 3.39. The fraction of sp³-hybridized carbons (Fsp3) is 0.522. The van der Waals surface area contributed by atoms with Gasteiger partial charge in [-0.15, -0.1) is 0 Å². The fourth-order valence-corrected chi connectivity index (χ4v) is 4.40. The third-order valence-electron chi connectivity index (χ3n) is 6.23. The molecule has 2 aromatic rings. The maximum atomic E-state index is 12.2. The summed E-state index contributed by atoms with van der Waals surface area (Å²) in [4.78, 5) is 20.8. The summed E-state index contributed by atoms with van der Waals surface area (Å²) in [6.45, 7) is 2.01. The van der Waals surface area contributed by atoms with Gasteiger partial charge in [0.2, 0.25) is 5.91 Å². The Morgan fingerprint density at radius 1 is 1.27 bits per heavy atom. The van der Waals surface area contributed by atoms with Crippen LogP contribution in [0.25, 0.3) is 0 Å². The van der Waals surface area contributed by atoms with Crippen LogP contribution in [-0.4, -0.2) is 71.2 Å². The van der Waals surface area contributed by atoms with E-state index in [1.807, 2.05) is 17.9 Å². The van der Waals surface area contributed by atoms with E-state index in [1.54, 1.807) is 19.0 Å². The molecule has 1 aliphatic heterocycles. The van der Waals surface area contributed by atoms with Crippen LogP contribution in [0, 0.1) is 0 Å². The minimum absolute atomic E-state index is 0.0197. The van der Waals surface area contributed by atoms with Crippen LogP contribution in [-0.2, 0) is 24.7 Å². The summed E-state index contributed by atoms with van der Waals surface area (Å²) in [6.07, 6.45) is 8.30. The van der Waals surface area contributed by atoms with Crippen LogP contribution in [0.1, 0.15) is 35.4 Å². The zero-order chi connectivity index (χ0) is 21.1. The van der Waals surface area contributed by atoms with Gasteiger partial charge in [0.25, 0.3) is 0 Å². The molecule has 2 atom stereocenters. The Morgan fingerprint density at radius 3 is 2.80 bits per heavy atom. The average molecular weight is 409 g/mol. The highest BCUT2D eigenvalue weighted by Gasteiger charge is 2.29. The van der Waals surface area contributed by atoms with Crippen LogP contribution in [0.15, 0.2) is 41.7 Å². The SMILES string of the molecule is CN(C)C(=O)CN=C(NC1CCc2ccccc2C1)N1CCC(c2cnn(C)c2)C1. The number of nitrogens with one attached hydrogen (secondary N) is 1. The number of rotatable bonds is 4. The maximum Gasteiger partial charge on any atom is 0.243 e. The highest BCUT2D eigenvalue weighted by Crippen LogP contribution is 2.27. The van der Waals surface area contributed by atoms with Gasteiger partial charge in [0, 0.05) is 52.4 Å². The molecule has 1 N–H and O–H groups in total. The molecule has 0 bridgehead atoms. The van der Waals surface area contributed by atoms with E-state index in [2.05, 4.69) is 45.8 Å². The Morgan fingerprint density at radius 2 is 2.07 bits per heavy atom. The standard InChI is InChI=1S/C23H32N6O/c1-27(2)22(30)14-24-23(26-21-9-8-17-6-4-5-7-18(17)12-21)29-11-10-19(16-29)20-13-25-28(3)15-20/h4-7,13,15,19,21H,8-12,14,16H2,1-3H3,(H,24,26). The number of nitrogens with zero attached hydrogens (tertiary/aromatic N) is 5. The molecular weight excluding hydrogens is 376 g/mol. The molecule has 1 saturated heterocycles. The number of hydrogen-bond donors (Lipinski definition) is 1. The highest BCUT2D eigenvalue weighted by atomic mass is 16.2. The van der Waals surface area contributed by atoms with Crippen LogP contribution in [0.4, 0.5) is 0 Å². The molecule has 1 aliphatic carbocycles. The summed E-state index contributed by atoms with van der Waals surface area (Å²) in [5, 5.41) is 8.02. The van der Waals surface area contributed by atoms with Gasteiger partial charge >= 0.3 is 0 Å². The molecule has 30 heavy (non-hydrogen) atoms. The highest BCUT2D eigenvalue weighted by molar-refractivity contribution is 5.85. The van der Waals surface area contributed by atoms with Gasteiger partial charge in [-0.1, -0.05) is 24.3 Å². The fourth-order valence-electron chi connectivity index (χ4n) is 4.40. The topological polar surface area (TPSA) is 65.8 Å². The molecule has 0 spiro atoms. The van der Waals surface area contributed by atoms with Crippen molar-refractivity contribution in [2.24, 2.45) is 12.0 Å².